The lowest BCUT2D eigenvalue weighted by Crippen LogP contribution is -1.92. The lowest BCUT2D eigenvalue weighted by molar-refractivity contribution is 0.108. The average molecular weight is 234 g/mol. The van der Waals surface area contributed by atoms with E-state index in [9.17, 15) is 4.79 Å². The lowest BCUT2D eigenvalue weighted by Gasteiger charge is -2.02. The van der Waals surface area contributed by atoms with Crippen molar-refractivity contribution in [3.8, 4) is 0 Å². The zero-order chi connectivity index (χ0) is 11.5. The number of carbonyl (C=O) groups excluding carboxylic acids is 1. The number of rotatable bonds is 3. The molecule has 2 nitrogen and oxygen atoms in total. The fourth-order valence-corrected chi connectivity index (χ4v) is 1.80. The average Bonchev–Trinajstić information content (AvgIpc) is 2.28. The number of benzene rings is 1. The smallest absolute Gasteiger partial charge is 0.252 e. The van der Waals surface area contributed by atoms with Gasteiger partial charge in [0.15, 0.2) is 0 Å². The van der Waals surface area contributed by atoms with Gasteiger partial charge in [0.25, 0.3) is 5.24 Å². The van der Waals surface area contributed by atoms with Gasteiger partial charge < -0.3 is 0 Å². The highest BCUT2D eigenvalue weighted by Crippen LogP contribution is 2.16. The van der Waals surface area contributed by atoms with Crippen LogP contribution in [0.5, 0.6) is 0 Å². The van der Waals surface area contributed by atoms with Gasteiger partial charge in [-0.2, -0.15) is 0 Å². The molecule has 0 amide bonds. The fraction of sp³-hybridized carbons (Fsp3) is 0.231. The standard InChI is InChI=1S/C13H12ClNO/c1-2-3-11-6-4-9-8-10(13(14)16)5-7-12(9)15-11/h4-8H,2-3H2,1H3. The van der Waals surface area contributed by atoms with Crippen LogP contribution in [-0.4, -0.2) is 10.2 Å². The Hall–Kier alpha value is -1.41. The quantitative estimate of drug-likeness (QED) is 0.759. The molecule has 0 fully saturated rings. The Kier molecular flexibility index (Phi) is 3.20. The van der Waals surface area contributed by atoms with Gasteiger partial charge in [-0.1, -0.05) is 19.4 Å². The summed E-state index contributed by atoms with van der Waals surface area (Å²) in [5.41, 5.74) is 2.51. The molecule has 0 atom stereocenters. The largest absolute Gasteiger partial charge is 0.276 e. The van der Waals surface area contributed by atoms with E-state index in [-0.39, 0.29) is 0 Å². The van der Waals surface area contributed by atoms with Crippen LogP contribution in [0.4, 0.5) is 0 Å². The third-order valence-electron chi connectivity index (χ3n) is 2.48. The van der Waals surface area contributed by atoms with E-state index in [0.29, 0.717) is 5.56 Å². The monoisotopic (exact) mass is 233 g/mol. The predicted molar refractivity (Wildman–Crippen MR) is 65.9 cm³/mol. The van der Waals surface area contributed by atoms with Crippen LogP contribution in [0.15, 0.2) is 30.3 Å². The number of fused-ring (bicyclic) bond motifs is 1. The van der Waals surface area contributed by atoms with E-state index in [1.807, 2.05) is 18.2 Å². The Labute approximate surface area is 99.3 Å². The third kappa shape index (κ3) is 2.22. The molecule has 0 saturated heterocycles. The number of carbonyl (C=O) groups is 1. The molecule has 2 rings (SSSR count). The summed E-state index contributed by atoms with van der Waals surface area (Å²) >= 11 is 5.43. The topological polar surface area (TPSA) is 30.0 Å². The van der Waals surface area contributed by atoms with Crippen molar-refractivity contribution in [2.45, 2.75) is 19.8 Å². The highest BCUT2D eigenvalue weighted by Gasteiger charge is 2.04. The van der Waals surface area contributed by atoms with Gasteiger partial charge in [-0.15, -0.1) is 0 Å². The molecule has 1 aromatic heterocycles. The number of hydrogen-bond acceptors (Lipinski definition) is 2. The summed E-state index contributed by atoms with van der Waals surface area (Å²) in [4.78, 5) is 15.5. The third-order valence-corrected chi connectivity index (χ3v) is 2.70. The van der Waals surface area contributed by atoms with Crippen LogP contribution in [0.1, 0.15) is 29.4 Å². The molecular formula is C13H12ClNO. The second-order valence-electron chi connectivity index (χ2n) is 3.73. The molecule has 2 aromatic rings. The van der Waals surface area contributed by atoms with E-state index in [1.54, 1.807) is 12.1 Å². The molecule has 0 N–H and O–H groups in total. The highest BCUT2D eigenvalue weighted by atomic mass is 35.5. The van der Waals surface area contributed by atoms with E-state index >= 15 is 0 Å². The normalized spacial score (nSPS) is 10.6. The summed E-state index contributed by atoms with van der Waals surface area (Å²) in [7, 11) is 0. The summed E-state index contributed by atoms with van der Waals surface area (Å²) in [5, 5.41) is 0.519. The van der Waals surface area contributed by atoms with Crippen molar-refractivity contribution in [2.75, 3.05) is 0 Å². The van der Waals surface area contributed by atoms with Gasteiger partial charge in [0.05, 0.1) is 5.52 Å². The maximum absolute atomic E-state index is 11.0. The van der Waals surface area contributed by atoms with Gasteiger partial charge in [0.2, 0.25) is 0 Å². The molecule has 1 aromatic carbocycles. The summed E-state index contributed by atoms with van der Waals surface area (Å²) < 4.78 is 0. The predicted octanol–water partition coefficient (Wildman–Crippen LogP) is 3.57. The van der Waals surface area contributed by atoms with Crippen LogP contribution < -0.4 is 0 Å². The fourth-order valence-electron chi connectivity index (χ4n) is 1.69. The zero-order valence-electron chi connectivity index (χ0n) is 9.03. The molecule has 0 spiro atoms. The molecule has 0 aliphatic heterocycles. The molecule has 3 heteroatoms. The first kappa shape index (κ1) is 11.1. The molecule has 0 saturated carbocycles. The highest BCUT2D eigenvalue weighted by molar-refractivity contribution is 6.67. The van der Waals surface area contributed by atoms with Crippen molar-refractivity contribution in [1.82, 2.24) is 4.98 Å². The number of aryl methyl sites for hydroxylation is 1. The number of hydrogen-bond donors (Lipinski definition) is 0. The SMILES string of the molecule is CCCc1ccc2cc(C(=O)Cl)ccc2n1. The van der Waals surface area contributed by atoms with Crippen molar-refractivity contribution in [2.24, 2.45) is 0 Å². The van der Waals surface area contributed by atoms with Gasteiger partial charge in [0.1, 0.15) is 0 Å². The first-order chi connectivity index (χ1) is 7.70. The number of pyridine rings is 1. The van der Waals surface area contributed by atoms with Crippen LogP contribution in [-0.2, 0) is 6.42 Å². The van der Waals surface area contributed by atoms with E-state index < -0.39 is 5.24 Å². The van der Waals surface area contributed by atoms with E-state index in [1.165, 1.54) is 0 Å². The molecule has 0 aliphatic rings. The summed E-state index contributed by atoms with van der Waals surface area (Å²) in [6, 6.07) is 9.29. The molecule has 16 heavy (non-hydrogen) atoms. The molecular weight excluding hydrogens is 222 g/mol. The second kappa shape index (κ2) is 4.62. The van der Waals surface area contributed by atoms with Crippen LogP contribution in [0, 0.1) is 0 Å². The Bertz CT molecular complexity index is 536. The number of nitrogens with zero attached hydrogens (tertiary/aromatic N) is 1. The van der Waals surface area contributed by atoms with Gasteiger partial charge in [-0.05, 0) is 42.3 Å². The molecule has 0 unspecified atom stereocenters. The molecule has 82 valence electrons. The summed E-state index contributed by atoms with van der Waals surface area (Å²) in [5.74, 6) is 0. The number of aromatic nitrogens is 1. The first-order valence-corrected chi connectivity index (χ1v) is 5.68. The Morgan fingerprint density at radius 3 is 2.81 bits per heavy atom. The van der Waals surface area contributed by atoms with Crippen LogP contribution in [0.25, 0.3) is 10.9 Å². The van der Waals surface area contributed by atoms with Gasteiger partial charge in [0, 0.05) is 16.6 Å². The van der Waals surface area contributed by atoms with E-state index in [2.05, 4.69) is 11.9 Å². The molecule has 1 heterocycles. The van der Waals surface area contributed by atoms with Crippen LogP contribution in [0.2, 0.25) is 0 Å². The number of halogens is 1. The van der Waals surface area contributed by atoms with E-state index in [0.717, 1.165) is 29.4 Å². The second-order valence-corrected chi connectivity index (χ2v) is 4.08. The maximum atomic E-state index is 11.0. The lowest BCUT2D eigenvalue weighted by atomic mass is 10.1. The first-order valence-electron chi connectivity index (χ1n) is 5.30. The molecule has 0 aliphatic carbocycles. The summed E-state index contributed by atoms with van der Waals surface area (Å²) in [6.45, 7) is 2.13. The maximum Gasteiger partial charge on any atom is 0.252 e. The van der Waals surface area contributed by atoms with Crippen LogP contribution >= 0.6 is 11.6 Å². The van der Waals surface area contributed by atoms with Crippen molar-refractivity contribution in [1.29, 1.82) is 0 Å². The van der Waals surface area contributed by atoms with Crippen molar-refractivity contribution >= 4 is 27.7 Å². The minimum absolute atomic E-state index is 0.431. The molecule has 0 bridgehead atoms. The minimum Gasteiger partial charge on any atom is -0.276 e. The van der Waals surface area contributed by atoms with Gasteiger partial charge >= 0.3 is 0 Å². The zero-order valence-corrected chi connectivity index (χ0v) is 9.79. The van der Waals surface area contributed by atoms with Gasteiger partial charge in [-0.25, -0.2) is 0 Å². The van der Waals surface area contributed by atoms with Crippen LogP contribution in [0.3, 0.4) is 0 Å². The minimum atomic E-state index is -0.431. The Morgan fingerprint density at radius 1 is 1.31 bits per heavy atom. The Balaban J connectivity index is 2.48. The van der Waals surface area contributed by atoms with Gasteiger partial charge in [-0.3, -0.25) is 9.78 Å². The summed E-state index contributed by atoms with van der Waals surface area (Å²) in [6.07, 6.45) is 2.06. The van der Waals surface area contributed by atoms with Crippen molar-refractivity contribution in [3.05, 3.63) is 41.6 Å². The van der Waals surface area contributed by atoms with E-state index in [4.69, 9.17) is 11.6 Å². The molecule has 0 radical (unpaired) electrons. The van der Waals surface area contributed by atoms with Crippen molar-refractivity contribution < 1.29 is 4.79 Å². The van der Waals surface area contributed by atoms with Crippen molar-refractivity contribution in [3.63, 3.8) is 0 Å². The Morgan fingerprint density at radius 2 is 2.12 bits per heavy atom.